The maximum Gasteiger partial charge on any atom is 0.409 e. The summed E-state index contributed by atoms with van der Waals surface area (Å²) in [5, 5.41) is 3.59. The number of fused-ring (bicyclic) bond motifs is 1. The zero-order chi connectivity index (χ0) is 22.2. The van der Waals surface area contributed by atoms with Crippen LogP contribution in [0, 0.1) is 5.82 Å². The van der Waals surface area contributed by atoms with Crippen LogP contribution in [0.25, 0.3) is 0 Å². The molecular weight excluding hydrogens is 448 g/mol. The van der Waals surface area contributed by atoms with Crippen LogP contribution >= 0.6 is 23.2 Å². The average molecular weight is 466 g/mol. The Kier molecular flexibility index (Phi) is 5.77. The third-order valence-electron chi connectivity index (χ3n) is 5.13. The van der Waals surface area contributed by atoms with Crippen LogP contribution in [-0.2, 0) is 27.3 Å². The Morgan fingerprint density at radius 2 is 2.03 bits per heavy atom. The molecule has 3 amide bonds. The number of anilines is 2. The minimum Gasteiger partial charge on any atom is -0.417 e. The standard InChI is InChI=1S/C21H18Cl2FN3O4/c22-14-7-12(8-15(24)10-14)11-25-20(30)31-21(23)5-6-27(19(21)29)16-2-3-17-13(9-16)1-4-18(28)26-17/h2-3,7-10H,1,4-6,11H2,(H,25,30)(H,26,28). The van der Waals surface area contributed by atoms with Gasteiger partial charge in [0.15, 0.2) is 0 Å². The topological polar surface area (TPSA) is 87.7 Å². The van der Waals surface area contributed by atoms with Crippen molar-refractivity contribution in [2.45, 2.75) is 30.9 Å². The zero-order valence-corrected chi connectivity index (χ0v) is 17.7. The molecule has 0 aromatic heterocycles. The molecule has 2 heterocycles. The first-order valence-corrected chi connectivity index (χ1v) is 10.3. The highest BCUT2D eigenvalue weighted by molar-refractivity contribution is 6.37. The minimum absolute atomic E-state index is 0.0439. The number of hydrogen-bond acceptors (Lipinski definition) is 4. The SMILES string of the molecule is O=C1CCc2cc(N3CCC(Cl)(OC(=O)NCc4cc(F)cc(Cl)c4)C3=O)ccc2N1. The largest absolute Gasteiger partial charge is 0.417 e. The zero-order valence-electron chi connectivity index (χ0n) is 16.2. The van der Waals surface area contributed by atoms with Gasteiger partial charge in [-0.3, -0.25) is 9.59 Å². The third-order valence-corrected chi connectivity index (χ3v) is 5.78. The first kappa shape index (κ1) is 21.4. The summed E-state index contributed by atoms with van der Waals surface area (Å²) in [5.41, 5.74) is 2.69. The van der Waals surface area contributed by atoms with Crippen LogP contribution in [0.2, 0.25) is 5.02 Å². The molecule has 1 atom stereocenters. The van der Waals surface area contributed by atoms with Gasteiger partial charge in [0.25, 0.3) is 11.0 Å². The van der Waals surface area contributed by atoms with Gasteiger partial charge < -0.3 is 20.3 Å². The van der Waals surface area contributed by atoms with Gasteiger partial charge in [0, 0.05) is 42.3 Å². The van der Waals surface area contributed by atoms with E-state index in [0.29, 0.717) is 24.1 Å². The van der Waals surface area contributed by atoms with E-state index < -0.39 is 22.9 Å². The van der Waals surface area contributed by atoms with Crippen molar-refractivity contribution >= 4 is 52.5 Å². The van der Waals surface area contributed by atoms with Gasteiger partial charge in [0.2, 0.25) is 5.91 Å². The molecule has 2 N–H and O–H groups in total. The molecule has 31 heavy (non-hydrogen) atoms. The van der Waals surface area contributed by atoms with E-state index in [-0.39, 0.29) is 30.4 Å². The molecule has 7 nitrogen and oxygen atoms in total. The molecule has 2 aromatic rings. The first-order chi connectivity index (χ1) is 14.7. The fraction of sp³-hybridized carbons (Fsp3) is 0.286. The number of rotatable bonds is 4. The summed E-state index contributed by atoms with van der Waals surface area (Å²) in [6, 6.07) is 9.15. The second-order valence-corrected chi connectivity index (χ2v) is 8.39. The van der Waals surface area contributed by atoms with E-state index in [1.54, 1.807) is 12.1 Å². The molecule has 1 saturated heterocycles. The van der Waals surface area contributed by atoms with Crippen LogP contribution in [0.3, 0.4) is 0 Å². The Hall–Kier alpha value is -2.84. The molecule has 2 aliphatic heterocycles. The molecule has 0 spiro atoms. The minimum atomic E-state index is -1.84. The average Bonchev–Trinajstić information content (AvgIpc) is 3.00. The Morgan fingerprint density at radius 1 is 1.23 bits per heavy atom. The van der Waals surface area contributed by atoms with Crippen LogP contribution in [0.4, 0.5) is 20.6 Å². The van der Waals surface area contributed by atoms with E-state index >= 15 is 0 Å². The number of amides is 3. The normalized spacial score (nSPS) is 20.3. The number of nitrogens with zero attached hydrogens (tertiary/aromatic N) is 1. The van der Waals surface area contributed by atoms with Crippen molar-refractivity contribution < 1.29 is 23.5 Å². The maximum atomic E-state index is 13.4. The number of alkyl halides is 1. The fourth-order valence-corrected chi connectivity index (χ4v) is 4.12. The van der Waals surface area contributed by atoms with Gasteiger partial charge in [-0.05, 0) is 53.9 Å². The molecule has 0 radical (unpaired) electrons. The molecule has 2 aliphatic rings. The van der Waals surface area contributed by atoms with Crippen LogP contribution in [0.5, 0.6) is 0 Å². The second kappa shape index (κ2) is 8.36. The smallest absolute Gasteiger partial charge is 0.409 e. The monoisotopic (exact) mass is 465 g/mol. The highest BCUT2D eigenvalue weighted by atomic mass is 35.5. The Labute approximate surface area is 187 Å². The van der Waals surface area contributed by atoms with Gasteiger partial charge in [0.05, 0.1) is 0 Å². The van der Waals surface area contributed by atoms with E-state index in [4.69, 9.17) is 27.9 Å². The molecule has 1 fully saturated rings. The van der Waals surface area contributed by atoms with Crippen molar-refractivity contribution in [1.29, 1.82) is 0 Å². The highest BCUT2D eigenvalue weighted by Crippen LogP contribution is 2.36. The third kappa shape index (κ3) is 4.60. The summed E-state index contributed by atoms with van der Waals surface area (Å²) in [6.45, 7) is 0.220. The quantitative estimate of drug-likeness (QED) is 0.668. The van der Waals surface area contributed by atoms with E-state index in [2.05, 4.69) is 10.6 Å². The number of aryl methyl sites for hydroxylation is 1. The predicted octanol–water partition coefficient (Wildman–Crippen LogP) is 3.96. The number of carbonyl (C=O) groups excluding carboxylic acids is 3. The van der Waals surface area contributed by atoms with Crippen molar-refractivity contribution in [3.05, 3.63) is 58.4 Å². The molecule has 0 aliphatic carbocycles. The summed E-state index contributed by atoms with van der Waals surface area (Å²) in [4.78, 5) is 38.1. The molecule has 1 unspecified atom stereocenters. The molecule has 4 rings (SSSR count). The summed E-state index contributed by atoms with van der Waals surface area (Å²) >= 11 is 12.1. The van der Waals surface area contributed by atoms with Gasteiger partial charge in [-0.15, -0.1) is 0 Å². The Morgan fingerprint density at radius 3 is 2.81 bits per heavy atom. The van der Waals surface area contributed by atoms with Crippen LogP contribution in [-0.4, -0.2) is 29.5 Å². The maximum absolute atomic E-state index is 13.4. The Balaban J connectivity index is 1.40. The number of benzene rings is 2. The number of carbonyl (C=O) groups is 3. The van der Waals surface area contributed by atoms with Gasteiger partial charge in [-0.1, -0.05) is 23.2 Å². The molecule has 0 bridgehead atoms. The lowest BCUT2D eigenvalue weighted by Crippen LogP contribution is -2.42. The van der Waals surface area contributed by atoms with E-state index in [9.17, 15) is 18.8 Å². The van der Waals surface area contributed by atoms with Crippen molar-refractivity contribution in [1.82, 2.24) is 5.32 Å². The summed E-state index contributed by atoms with van der Waals surface area (Å²) in [5.74, 6) is -1.13. The number of ether oxygens (including phenoxy) is 1. The Bertz CT molecular complexity index is 1060. The van der Waals surface area contributed by atoms with E-state index in [0.717, 1.165) is 17.3 Å². The molecule has 10 heteroatoms. The molecule has 2 aromatic carbocycles. The molecular formula is C21H18Cl2FN3O4. The highest BCUT2D eigenvalue weighted by Gasteiger charge is 2.49. The number of halogens is 3. The fourth-order valence-electron chi connectivity index (χ4n) is 3.61. The second-order valence-electron chi connectivity index (χ2n) is 7.35. The van der Waals surface area contributed by atoms with E-state index in [1.165, 1.54) is 17.0 Å². The number of nitrogens with one attached hydrogen (secondary N) is 2. The lowest BCUT2D eigenvalue weighted by molar-refractivity contribution is -0.127. The van der Waals surface area contributed by atoms with Crippen molar-refractivity contribution in [3.63, 3.8) is 0 Å². The lowest BCUT2D eigenvalue weighted by Gasteiger charge is -2.24. The van der Waals surface area contributed by atoms with Gasteiger partial charge in [-0.25, -0.2) is 9.18 Å². The van der Waals surface area contributed by atoms with Crippen molar-refractivity contribution in [3.8, 4) is 0 Å². The summed E-state index contributed by atoms with van der Waals surface area (Å²) in [6.07, 6.45) is 0.148. The van der Waals surface area contributed by atoms with Crippen molar-refractivity contribution in [2.75, 3.05) is 16.8 Å². The lowest BCUT2D eigenvalue weighted by atomic mass is 10.0. The first-order valence-electron chi connectivity index (χ1n) is 9.59. The number of hydrogen-bond donors (Lipinski definition) is 2. The van der Waals surface area contributed by atoms with Gasteiger partial charge in [0.1, 0.15) is 5.82 Å². The number of alkyl carbamates (subject to hydrolysis) is 1. The molecule has 0 saturated carbocycles. The van der Waals surface area contributed by atoms with Crippen molar-refractivity contribution in [2.24, 2.45) is 0 Å². The summed E-state index contributed by atoms with van der Waals surface area (Å²) in [7, 11) is 0. The van der Waals surface area contributed by atoms with E-state index in [1.807, 2.05) is 6.07 Å². The van der Waals surface area contributed by atoms with Gasteiger partial charge in [-0.2, -0.15) is 0 Å². The predicted molar refractivity (Wildman–Crippen MR) is 114 cm³/mol. The van der Waals surface area contributed by atoms with Crippen LogP contribution < -0.4 is 15.5 Å². The van der Waals surface area contributed by atoms with Crippen LogP contribution in [0.15, 0.2) is 36.4 Å². The van der Waals surface area contributed by atoms with Gasteiger partial charge >= 0.3 is 6.09 Å². The summed E-state index contributed by atoms with van der Waals surface area (Å²) < 4.78 is 18.6. The van der Waals surface area contributed by atoms with Crippen LogP contribution in [0.1, 0.15) is 24.0 Å². The molecule has 162 valence electrons.